The zero-order valence-corrected chi connectivity index (χ0v) is 18.2. The van der Waals surface area contributed by atoms with Gasteiger partial charge in [0.25, 0.3) is 0 Å². The van der Waals surface area contributed by atoms with E-state index in [0.717, 1.165) is 16.5 Å². The molecule has 0 atom stereocenters. The maximum Gasteiger partial charge on any atom is 0.336 e. The number of aromatic amines is 1. The van der Waals surface area contributed by atoms with Crippen LogP contribution in [0.2, 0.25) is 0 Å². The summed E-state index contributed by atoms with van der Waals surface area (Å²) < 4.78 is 16.0. The topological polar surface area (TPSA) is 111 Å². The third-order valence-electron chi connectivity index (χ3n) is 5.75. The van der Waals surface area contributed by atoms with E-state index in [1.165, 1.54) is 7.11 Å². The number of ether oxygens (including phenoxy) is 3. The zero-order valence-electron chi connectivity index (χ0n) is 18.2. The molecule has 0 unspecified atom stereocenters. The monoisotopic (exact) mass is 456 g/mol. The van der Waals surface area contributed by atoms with E-state index in [1.54, 1.807) is 48.7 Å². The number of carbonyl (C=O) groups excluding carboxylic acids is 1. The van der Waals surface area contributed by atoms with Crippen LogP contribution in [0.1, 0.15) is 21.5 Å². The number of benzene rings is 3. The van der Waals surface area contributed by atoms with Crippen LogP contribution in [0.5, 0.6) is 17.2 Å². The number of carboxylic acids is 1. The molecule has 8 heteroatoms. The summed E-state index contributed by atoms with van der Waals surface area (Å²) in [6.45, 7) is 0.0605. The Morgan fingerprint density at radius 2 is 1.79 bits per heavy atom. The number of hydrogen-bond acceptors (Lipinski definition) is 6. The molecule has 0 radical (unpaired) electrons. The SMILES string of the molecule is COc1ccc(C(=O)/C(Cc2cccc3[nH]ncc23)=C(\C(=O)O)c2ccc3c(c2)OCO3)cc1. The van der Waals surface area contributed by atoms with Crippen molar-refractivity contribution >= 4 is 28.2 Å². The number of aliphatic carboxylic acids is 1. The van der Waals surface area contributed by atoms with Crippen LogP contribution in [-0.4, -0.2) is 41.0 Å². The molecule has 5 rings (SSSR count). The van der Waals surface area contributed by atoms with Gasteiger partial charge in [0.1, 0.15) is 5.75 Å². The van der Waals surface area contributed by atoms with Crippen LogP contribution in [0.3, 0.4) is 0 Å². The lowest BCUT2D eigenvalue weighted by Crippen LogP contribution is -2.14. The van der Waals surface area contributed by atoms with Crippen molar-refractivity contribution in [2.45, 2.75) is 6.42 Å². The Kier molecular flexibility index (Phi) is 5.47. The highest BCUT2D eigenvalue weighted by atomic mass is 16.7. The van der Waals surface area contributed by atoms with E-state index >= 15 is 0 Å². The van der Waals surface area contributed by atoms with Crippen molar-refractivity contribution < 1.29 is 28.9 Å². The molecule has 0 saturated carbocycles. The standard InChI is InChI=1S/C26H20N2O6/c1-32-18-8-5-15(6-9-18)25(29)19(11-16-3-2-4-21-20(16)13-27-28-21)24(26(30)31)17-7-10-22-23(12-17)34-14-33-22/h2-10,12-13H,11,14H2,1H3,(H,27,28)(H,30,31)/b24-19-. The number of Topliss-reactive ketones (excluding diaryl/α,β-unsaturated/α-hetero) is 1. The Morgan fingerprint density at radius 3 is 2.56 bits per heavy atom. The molecule has 1 aliphatic rings. The molecular weight excluding hydrogens is 436 g/mol. The molecule has 2 N–H and O–H groups in total. The van der Waals surface area contributed by atoms with Crippen LogP contribution in [0.25, 0.3) is 16.5 Å². The molecule has 170 valence electrons. The summed E-state index contributed by atoms with van der Waals surface area (Å²) in [4.78, 5) is 26.3. The lowest BCUT2D eigenvalue weighted by Gasteiger charge is -2.14. The van der Waals surface area contributed by atoms with Gasteiger partial charge in [-0.15, -0.1) is 0 Å². The maximum absolute atomic E-state index is 13.7. The lowest BCUT2D eigenvalue weighted by molar-refractivity contribution is -0.130. The minimum Gasteiger partial charge on any atom is -0.497 e. The Balaban J connectivity index is 1.69. The van der Waals surface area contributed by atoms with Gasteiger partial charge in [-0.05, 0) is 53.6 Å². The van der Waals surface area contributed by atoms with Gasteiger partial charge in [-0.3, -0.25) is 9.89 Å². The van der Waals surface area contributed by atoms with E-state index in [-0.39, 0.29) is 24.4 Å². The summed E-state index contributed by atoms with van der Waals surface area (Å²) in [7, 11) is 1.54. The molecule has 1 aliphatic heterocycles. The first-order valence-electron chi connectivity index (χ1n) is 10.5. The van der Waals surface area contributed by atoms with E-state index in [2.05, 4.69) is 10.2 Å². The molecule has 3 aromatic carbocycles. The van der Waals surface area contributed by atoms with Crippen molar-refractivity contribution in [3.05, 3.63) is 89.1 Å². The molecule has 2 heterocycles. The van der Waals surface area contributed by atoms with E-state index in [0.29, 0.717) is 28.4 Å². The number of nitrogens with zero attached hydrogens (tertiary/aromatic N) is 1. The van der Waals surface area contributed by atoms with E-state index in [9.17, 15) is 14.7 Å². The molecule has 1 aromatic heterocycles. The molecule has 0 bridgehead atoms. The summed E-state index contributed by atoms with van der Waals surface area (Å²) in [6.07, 6.45) is 1.76. The summed E-state index contributed by atoms with van der Waals surface area (Å²) in [5.74, 6) is -0.0445. The van der Waals surface area contributed by atoms with Crippen LogP contribution in [0.4, 0.5) is 0 Å². The molecular formula is C26H20N2O6. The fraction of sp³-hybridized carbons (Fsp3) is 0.115. The first-order valence-corrected chi connectivity index (χ1v) is 10.5. The quantitative estimate of drug-likeness (QED) is 0.316. The van der Waals surface area contributed by atoms with Gasteiger partial charge in [0, 0.05) is 22.9 Å². The zero-order chi connectivity index (χ0) is 23.7. The summed E-state index contributed by atoms with van der Waals surface area (Å²) in [5, 5.41) is 18.1. The molecule has 8 nitrogen and oxygen atoms in total. The number of methoxy groups -OCH3 is 1. The van der Waals surface area contributed by atoms with Crippen LogP contribution in [0.15, 0.2) is 72.4 Å². The van der Waals surface area contributed by atoms with Crippen LogP contribution in [0, 0.1) is 0 Å². The highest BCUT2D eigenvalue weighted by molar-refractivity contribution is 6.26. The third kappa shape index (κ3) is 3.86. The number of carboxylic acid groups (broad SMARTS) is 1. The minimum atomic E-state index is -1.21. The second-order valence-electron chi connectivity index (χ2n) is 7.71. The number of nitrogens with one attached hydrogen (secondary N) is 1. The number of rotatable bonds is 7. The van der Waals surface area contributed by atoms with Crippen LogP contribution < -0.4 is 14.2 Å². The van der Waals surface area contributed by atoms with E-state index in [1.807, 2.05) is 18.2 Å². The smallest absolute Gasteiger partial charge is 0.336 e. The highest BCUT2D eigenvalue weighted by Gasteiger charge is 2.26. The van der Waals surface area contributed by atoms with E-state index in [4.69, 9.17) is 14.2 Å². The number of H-pyrrole nitrogens is 1. The average Bonchev–Trinajstić information content (AvgIpc) is 3.52. The first kappa shape index (κ1) is 21.3. The van der Waals surface area contributed by atoms with E-state index < -0.39 is 11.8 Å². The van der Waals surface area contributed by atoms with Crippen molar-refractivity contribution in [2.75, 3.05) is 13.9 Å². The Bertz CT molecular complexity index is 1440. The molecule has 0 fully saturated rings. The van der Waals surface area contributed by atoms with Gasteiger partial charge in [-0.2, -0.15) is 5.10 Å². The molecule has 0 aliphatic carbocycles. The summed E-state index contributed by atoms with van der Waals surface area (Å²) >= 11 is 0. The second kappa shape index (κ2) is 8.74. The van der Waals surface area contributed by atoms with Crippen molar-refractivity contribution in [1.82, 2.24) is 10.2 Å². The molecule has 34 heavy (non-hydrogen) atoms. The third-order valence-corrected chi connectivity index (χ3v) is 5.75. The van der Waals surface area contributed by atoms with Crippen molar-refractivity contribution in [3.8, 4) is 17.2 Å². The number of fused-ring (bicyclic) bond motifs is 2. The normalized spacial score (nSPS) is 13.0. The molecule has 4 aromatic rings. The predicted octanol–water partition coefficient (Wildman–Crippen LogP) is 4.26. The first-order chi connectivity index (χ1) is 16.5. The Morgan fingerprint density at radius 1 is 1.03 bits per heavy atom. The Hall–Kier alpha value is -4.59. The fourth-order valence-electron chi connectivity index (χ4n) is 4.05. The number of aromatic nitrogens is 2. The lowest BCUT2D eigenvalue weighted by atomic mass is 9.88. The van der Waals surface area contributed by atoms with Crippen LogP contribution in [-0.2, 0) is 11.2 Å². The maximum atomic E-state index is 13.7. The summed E-state index contributed by atoms with van der Waals surface area (Å²) in [6, 6.07) is 17.0. The van der Waals surface area contributed by atoms with Crippen LogP contribution >= 0.6 is 0 Å². The van der Waals surface area contributed by atoms with Crippen molar-refractivity contribution in [1.29, 1.82) is 0 Å². The Labute approximate surface area is 194 Å². The second-order valence-corrected chi connectivity index (χ2v) is 7.71. The minimum absolute atomic E-state index is 0.0605. The largest absolute Gasteiger partial charge is 0.497 e. The van der Waals surface area contributed by atoms with Gasteiger partial charge >= 0.3 is 5.97 Å². The highest BCUT2D eigenvalue weighted by Crippen LogP contribution is 2.36. The van der Waals surface area contributed by atoms with Gasteiger partial charge in [0.15, 0.2) is 17.3 Å². The van der Waals surface area contributed by atoms with Gasteiger partial charge in [-0.25, -0.2) is 4.79 Å². The molecule has 0 spiro atoms. The number of hydrogen-bond donors (Lipinski definition) is 2. The fourth-order valence-corrected chi connectivity index (χ4v) is 4.05. The number of allylic oxidation sites excluding steroid dienone is 1. The molecule has 0 amide bonds. The van der Waals surface area contributed by atoms with Gasteiger partial charge in [0.2, 0.25) is 6.79 Å². The summed E-state index contributed by atoms with van der Waals surface area (Å²) in [5.41, 5.74) is 2.34. The van der Waals surface area contributed by atoms with Crippen molar-refractivity contribution in [3.63, 3.8) is 0 Å². The average molecular weight is 456 g/mol. The predicted molar refractivity (Wildman–Crippen MR) is 124 cm³/mol. The number of carbonyl (C=O) groups is 2. The van der Waals surface area contributed by atoms with Gasteiger partial charge < -0.3 is 19.3 Å². The van der Waals surface area contributed by atoms with Gasteiger partial charge in [0.05, 0.1) is 24.4 Å². The number of ketones is 1. The van der Waals surface area contributed by atoms with Crippen molar-refractivity contribution in [2.24, 2.45) is 0 Å². The molecule has 0 saturated heterocycles. The van der Waals surface area contributed by atoms with Gasteiger partial charge in [-0.1, -0.05) is 18.2 Å².